The van der Waals surface area contributed by atoms with Crippen molar-refractivity contribution in [1.82, 2.24) is 9.21 Å². The van der Waals surface area contributed by atoms with Gasteiger partial charge in [-0.15, -0.1) is 0 Å². The zero-order valence-corrected chi connectivity index (χ0v) is 14.6. The van der Waals surface area contributed by atoms with E-state index in [-0.39, 0.29) is 11.9 Å². The molecule has 2 aliphatic heterocycles. The molecule has 0 aromatic heterocycles. The molecule has 0 spiro atoms. The van der Waals surface area contributed by atoms with E-state index in [0.29, 0.717) is 41.9 Å². The smallest absolute Gasteiger partial charge is 0.257 e. The van der Waals surface area contributed by atoms with Gasteiger partial charge in [0, 0.05) is 30.7 Å². The van der Waals surface area contributed by atoms with Crippen molar-refractivity contribution in [3.05, 3.63) is 28.8 Å². The average Bonchev–Trinajstić information content (AvgIpc) is 2.46. The van der Waals surface area contributed by atoms with Crippen LogP contribution in [0.5, 0.6) is 5.75 Å². The molecule has 126 valence electrons. The topological polar surface area (TPSA) is 66.9 Å². The van der Waals surface area contributed by atoms with Gasteiger partial charge in [0.1, 0.15) is 5.75 Å². The Morgan fingerprint density at radius 3 is 2.74 bits per heavy atom. The number of amides is 1. The number of benzene rings is 1. The third-order valence-corrected chi connectivity index (χ3v) is 6.12. The molecular weight excluding hydrogens is 340 g/mol. The molecule has 1 aromatic carbocycles. The summed E-state index contributed by atoms with van der Waals surface area (Å²) in [6.07, 6.45) is 2.02. The van der Waals surface area contributed by atoms with Gasteiger partial charge in [-0.3, -0.25) is 4.79 Å². The van der Waals surface area contributed by atoms with Crippen molar-refractivity contribution < 1.29 is 17.9 Å². The number of sulfonamides is 1. The van der Waals surface area contributed by atoms with Crippen molar-refractivity contribution >= 4 is 27.5 Å². The Kier molecular flexibility index (Phi) is 4.29. The maximum absolute atomic E-state index is 12.8. The summed E-state index contributed by atoms with van der Waals surface area (Å²) in [6.45, 7) is 1.59. The van der Waals surface area contributed by atoms with Crippen LogP contribution in [0, 0.1) is 5.92 Å². The van der Waals surface area contributed by atoms with Gasteiger partial charge >= 0.3 is 0 Å². The summed E-state index contributed by atoms with van der Waals surface area (Å²) in [5.74, 6) is 0.633. The Hall–Kier alpha value is -1.31. The Bertz CT molecular complexity index is 737. The van der Waals surface area contributed by atoms with Crippen LogP contribution in [0.25, 0.3) is 0 Å². The van der Waals surface area contributed by atoms with Crippen LogP contribution in [-0.2, 0) is 10.0 Å². The summed E-state index contributed by atoms with van der Waals surface area (Å²) < 4.78 is 30.2. The number of methoxy groups -OCH3 is 1. The zero-order valence-electron chi connectivity index (χ0n) is 13.0. The standard InChI is InChI=1S/C15H19ClN2O4S/c1-22-14-4-3-11(16)7-12(14)15(19)17-6-5-10-8-18(13(10)9-17)23(2,20)21/h3-4,7,10,13H,5-6,8-9H2,1-2H3/t10-,13-/m1/s1. The van der Waals surface area contributed by atoms with E-state index < -0.39 is 10.0 Å². The van der Waals surface area contributed by atoms with E-state index in [0.717, 1.165) is 6.42 Å². The number of likely N-dealkylation sites (tertiary alicyclic amines) is 1. The lowest BCUT2D eigenvalue weighted by Gasteiger charge is -2.51. The number of carbonyl (C=O) groups excluding carboxylic acids is 1. The fourth-order valence-corrected chi connectivity index (χ4v) is 4.70. The Morgan fingerprint density at radius 1 is 1.35 bits per heavy atom. The van der Waals surface area contributed by atoms with Crippen LogP contribution in [-0.4, -0.2) is 62.6 Å². The molecule has 23 heavy (non-hydrogen) atoms. The number of hydrogen-bond donors (Lipinski definition) is 0. The summed E-state index contributed by atoms with van der Waals surface area (Å²) in [4.78, 5) is 14.5. The number of fused-ring (bicyclic) bond motifs is 1. The van der Waals surface area contributed by atoms with Crippen molar-refractivity contribution in [2.75, 3.05) is 33.0 Å². The number of halogens is 1. The highest BCUT2D eigenvalue weighted by molar-refractivity contribution is 7.88. The highest BCUT2D eigenvalue weighted by Crippen LogP contribution is 2.35. The maximum atomic E-state index is 12.8. The fourth-order valence-electron chi connectivity index (χ4n) is 3.33. The van der Waals surface area contributed by atoms with Gasteiger partial charge in [-0.2, -0.15) is 4.31 Å². The lowest BCUT2D eigenvalue weighted by Crippen LogP contribution is -2.65. The molecule has 0 saturated carbocycles. The monoisotopic (exact) mass is 358 g/mol. The molecule has 0 radical (unpaired) electrons. The lowest BCUT2D eigenvalue weighted by molar-refractivity contribution is 0.0139. The van der Waals surface area contributed by atoms with Gasteiger partial charge in [-0.25, -0.2) is 8.42 Å². The zero-order chi connectivity index (χ0) is 16.8. The number of piperidine rings is 1. The van der Waals surface area contributed by atoms with Crippen LogP contribution in [0.2, 0.25) is 5.02 Å². The van der Waals surface area contributed by atoms with Gasteiger partial charge in [-0.05, 0) is 30.5 Å². The average molecular weight is 359 g/mol. The minimum Gasteiger partial charge on any atom is -0.496 e. The number of carbonyl (C=O) groups is 1. The third kappa shape index (κ3) is 3.05. The molecule has 1 amide bonds. The van der Waals surface area contributed by atoms with Crippen LogP contribution in [0.4, 0.5) is 0 Å². The molecule has 0 aliphatic carbocycles. The summed E-state index contributed by atoms with van der Waals surface area (Å²) in [6, 6.07) is 4.80. The number of nitrogens with zero attached hydrogens (tertiary/aromatic N) is 2. The predicted octanol–water partition coefficient (Wildman–Crippen LogP) is 1.45. The van der Waals surface area contributed by atoms with Crippen LogP contribution in [0.15, 0.2) is 18.2 Å². The maximum Gasteiger partial charge on any atom is 0.257 e. The van der Waals surface area contributed by atoms with Crippen LogP contribution in [0.3, 0.4) is 0 Å². The first-order valence-electron chi connectivity index (χ1n) is 7.41. The summed E-state index contributed by atoms with van der Waals surface area (Å²) in [5.41, 5.74) is 0.406. The number of hydrogen-bond acceptors (Lipinski definition) is 4. The SMILES string of the molecule is COc1ccc(Cl)cc1C(=O)N1CC[C@@H]2CN(S(C)(=O)=O)[C@@H]2C1. The second kappa shape index (κ2) is 5.96. The molecule has 6 nitrogen and oxygen atoms in total. The fraction of sp³-hybridized carbons (Fsp3) is 0.533. The first-order chi connectivity index (χ1) is 10.8. The molecule has 0 unspecified atom stereocenters. The Morgan fingerprint density at radius 2 is 2.09 bits per heavy atom. The second-order valence-corrected chi connectivity index (χ2v) is 8.42. The highest BCUT2D eigenvalue weighted by atomic mass is 35.5. The van der Waals surface area contributed by atoms with Crippen molar-refractivity contribution in [3.8, 4) is 5.75 Å². The van der Waals surface area contributed by atoms with E-state index in [9.17, 15) is 13.2 Å². The van der Waals surface area contributed by atoms with Crippen molar-refractivity contribution in [2.45, 2.75) is 12.5 Å². The van der Waals surface area contributed by atoms with E-state index in [1.807, 2.05) is 0 Å². The number of ether oxygens (including phenoxy) is 1. The van der Waals surface area contributed by atoms with Gasteiger partial charge in [0.05, 0.1) is 18.9 Å². The molecule has 2 fully saturated rings. The van der Waals surface area contributed by atoms with Crippen LogP contribution >= 0.6 is 11.6 Å². The quantitative estimate of drug-likeness (QED) is 0.820. The largest absolute Gasteiger partial charge is 0.496 e. The molecule has 0 N–H and O–H groups in total. The molecule has 1 aromatic rings. The van der Waals surface area contributed by atoms with E-state index in [1.165, 1.54) is 17.7 Å². The summed E-state index contributed by atoms with van der Waals surface area (Å²) >= 11 is 5.99. The first kappa shape index (κ1) is 16.5. The minimum atomic E-state index is -3.22. The Labute approximate surface area is 141 Å². The molecule has 8 heteroatoms. The molecular formula is C15H19ClN2O4S. The van der Waals surface area contributed by atoms with E-state index in [1.54, 1.807) is 23.1 Å². The van der Waals surface area contributed by atoms with Gasteiger partial charge in [0.2, 0.25) is 10.0 Å². The third-order valence-electron chi connectivity index (χ3n) is 4.61. The molecule has 2 saturated heterocycles. The molecule has 0 bridgehead atoms. The van der Waals surface area contributed by atoms with Gasteiger partial charge < -0.3 is 9.64 Å². The summed E-state index contributed by atoms with van der Waals surface area (Å²) in [7, 11) is -1.72. The van der Waals surface area contributed by atoms with Gasteiger partial charge in [0.25, 0.3) is 5.91 Å². The van der Waals surface area contributed by atoms with Crippen molar-refractivity contribution in [1.29, 1.82) is 0 Å². The van der Waals surface area contributed by atoms with E-state index >= 15 is 0 Å². The van der Waals surface area contributed by atoms with Crippen molar-refractivity contribution in [2.24, 2.45) is 5.92 Å². The lowest BCUT2D eigenvalue weighted by atomic mass is 9.84. The summed E-state index contributed by atoms with van der Waals surface area (Å²) in [5, 5.41) is 0.463. The second-order valence-electron chi connectivity index (χ2n) is 6.04. The highest BCUT2D eigenvalue weighted by Gasteiger charge is 2.47. The first-order valence-corrected chi connectivity index (χ1v) is 9.63. The van der Waals surface area contributed by atoms with Crippen LogP contribution < -0.4 is 4.74 Å². The number of rotatable bonds is 3. The van der Waals surface area contributed by atoms with Crippen LogP contribution in [0.1, 0.15) is 16.8 Å². The van der Waals surface area contributed by atoms with E-state index in [2.05, 4.69) is 0 Å². The molecule has 3 rings (SSSR count). The Balaban J connectivity index is 1.80. The van der Waals surface area contributed by atoms with Crippen molar-refractivity contribution in [3.63, 3.8) is 0 Å². The minimum absolute atomic E-state index is 0.118. The van der Waals surface area contributed by atoms with Gasteiger partial charge in [-0.1, -0.05) is 11.6 Å². The predicted molar refractivity (Wildman–Crippen MR) is 87.4 cm³/mol. The normalized spacial score (nSPS) is 24.7. The van der Waals surface area contributed by atoms with Gasteiger partial charge in [0.15, 0.2) is 0 Å². The van der Waals surface area contributed by atoms with E-state index in [4.69, 9.17) is 16.3 Å². The molecule has 2 aliphatic rings. The molecule has 2 heterocycles. The molecule has 2 atom stereocenters.